The summed E-state index contributed by atoms with van der Waals surface area (Å²) in [6, 6.07) is -0.194. The van der Waals surface area contributed by atoms with Crippen molar-refractivity contribution in [1.29, 1.82) is 0 Å². The van der Waals surface area contributed by atoms with Gasteiger partial charge < -0.3 is 19.1 Å². The van der Waals surface area contributed by atoms with Gasteiger partial charge in [-0.05, 0) is 25.8 Å². The monoisotopic (exact) mass is 406 g/mol. The van der Waals surface area contributed by atoms with E-state index in [1.165, 1.54) is 16.9 Å². The van der Waals surface area contributed by atoms with Crippen molar-refractivity contribution in [2.24, 2.45) is 0 Å². The van der Waals surface area contributed by atoms with E-state index in [-0.39, 0.29) is 6.03 Å². The molecule has 0 aliphatic carbocycles. The minimum absolute atomic E-state index is 0.194. The van der Waals surface area contributed by atoms with E-state index in [9.17, 15) is 4.79 Å². The maximum absolute atomic E-state index is 12.6. The van der Waals surface area contributed by atoms with Crippen LogP contribution in [0.15, 0.2) is 12.3 Å². The fraction of sp³-hybridized carbons (Fsp3) is 0.526. The number of fused-ring (bicyclic) bond motifs is 1. The van der Waals surface area contributed by atoms with Gasteiger partial charge in [0.1, 0.15) is 5.52 Å². The SMILES string of the molecule is CCOCCN(CC)C(=O)Nc1nc2c(OC)ncc(C3=CCOCC3)c2s1. The van der Waals surface area contributed by atoms with Crippen molar-refractivity contribution in [2.75, 3.05) is 51.9 Å². The number of hydrogen-bond acceptors (Lipinski definition) is 7. The van der Waals surface area contributed by atoms with Gasteiger partial charge in [0.05, 0.1) is 31.6 Å². The van der Waals surface area contributed by atoms with E-state index in [0.29, 0.717) is 56.0 Å². The highest BCUT2D eigenvalue weighted by Crippen LogP contribution is 2.37. The molecule has 0 saturated carbocycles. The Morgan fingerprint density at radius 2 is 2.29 bits per heavy atom. The summed E-state index contributed by atoms with van der Waals surface area (Å²) in [5, 5.41) is 3.43. The second-order valence-corrected chi connectivity index (χ2v) is 7.14. The van der Waals surface area contributed by atoms with Gasteiger partial charge in [0.15, 0.2) is 5.13 Å². The first-order valence-corrected chi connectivity index (χ1v) is 10.2. The first kappa shape index (κ1) is 20.5. The van der Waals surface area contributed by atoms with Gasteiger partial charge in [0.25, 0.3) is 0 Å². The van der Waals surface area contributed by atoms with E-state index in [0.717, 1.165) is 16.7 Å². The molecule has 1 aliphatic rings. The Balaban J connectivity index is 1.86. The normalized spacial score (nSPS) is 14.0. The number of amides is 2. The quantitative estimate of drug-likeness (QED) is 0.677. The van der Waals surface area contributed by atoms with Gasteiger partial charge >= 0.3 is 6.03 Å². The molecule has 3 rings (SSSR count). The minimum atomic E-state index is -0.194. The standard InChI is InChI=1S/C19H26N4O4S/c1-4-23(8-11-26-5-2)19(24)22-18-21-15-16(28-18)14(12-20-17(15)25-3)13-6-9-27-10-7-13/h6,12H,4-5,7-11H2,1-3H3,(H,21,22,24). The molecule has 2 aromatic rings. The summed E-state index contributed by atoms with van der Waals surface area (Å²) in [6.45, 7) is 7.42. The largest absolute Gasteiger partial charge is 0.479 e. The van der Waals surface area contributed by atoms with Crippen molar-refractivity contribution >= 4 is 38.3 Å². The molecule has 1 N–H and O–H groups in total. The minimum Gasteiger partial charge on any atom is -0.479 e. The molecular weight excluding hydrogens is 380 g/mol. The number of ether oxygens (including phenoxy) is 3. The maximum atomic E-state index is 12.6. The third kappa shape index (κ3) is 4.60. The number of hydrogen-bond donors (Lipinski definition) is 1. The molecule has 152 valence electrons. The molecule has 28 heavy (non-hydrogen) atoms. The van der Waals surface area contributed by atoms with Crippen molar-refractivity contribution in [2.45, 2.75) is 20.3 Å². The number of pyridine rings is 1. The highest BCUT2D eigenvalue weighted by atomic mass is 32.1. The van der Waals surface area contributed by atoms with E-state index < -0.39 is 0 Å². The molecule has 0 radical (unpaired) electrons. The van der Waals surface area contributed by atoms with Crippen LogP contribution >= 0.6 is 11.3 Å². The summed E-state index contributed by atoms with van der Waals surface area (Å²) in [7, 11) is 1.57. The van der Waals surface area contributed by atoms with Crippen LogP contribution < -0.4 is 10.1 Å². The zero-order chi connectivity index (χ0) is 19.9. The number of nitrogens with zero attached hydrogens (tertiary/aromatic N) is 3. The first-order valence-electron chi connectivity index (χ1n) is 9.42. The number of nitrogens with one attached hydrogen (secondary N) is 1. The highest BCUT2D eigenvalue weighted by Gasteiger charge is 2.20. The van der Waals surface area contributed by atoms with Gasteiger partial charge in [0, 0.05) is 31.5 Å². The van der Waals surface area contributed by atoms with Crippen molar-refractivity contribution in [3.63, 3.8) is 0 Å². The average molecular weight is 407 g/mol. The fourth-order valence-electron chi connectivity index (χ4n) is 2.99. The molecule has 9 heteroatoms. The van der Waals surface area contributed by atoms with Crippen molar-refractivity contribution in [3.8, 4) is 5.88 Å². The Morgan fingerprint density at radius 1 is 1.43 bits per heavy atom. The molecular formula is C19H26N4O4S. The van der Waals surface area contributed by atoms with Crippen LogP contribution in [0.5, 0.6) is 5.88 Å². The number of carbonyl (C=O) groups excluding carboxylic acids is 1. The van der Waals surface area contributed by atoms with Crippen LogP contribution in [0.3, 0.4) is 0 Å². The lowest BCUT2D eigenvalue weighted by Gasteiger charge is -2.20. The molecule has 1 aliphatic heterocycles. The van der Waals surface area contributed by atoms with E-state index in [4.69, 9.17) is 14.2 Å². The Kier molecular flexibility index (Phi) is 7.18. The van der Waals surface area contributed by atoms with Crippen LogP contribution in [0.25, 0.3) is 15.8 Å². The molecule has 0 saturated heterocycles. The van der Waals surface area contributed by atoms with Crippen LogP contribution in [-0.2, 0) is 9.47 Å². The molecule has 0 bridgehead atoms. The van der Waals surface area contributed by atoms with Crippen LogP contribution in [0.2, 0.25) is 0 Å². The Bertz CT molecular complexity index is 852. The second-order valence-electron chi connectivity index (χ2n) is 6.14. The van der Waals surface area contributed by atoms with Gasteiger partial charge in [0.2, 0.25) is 5.88 Å². The van der Waals surface area contributed by atoms with E-state index in [2.05, 4.69) is 21.4 Å². The molecule has 2 amide bonds. The number of likely N-dealkylation sites (N-methyl/N-ethyl adjacent to an activating group) is 1. The topological polar surface area (TPSA) is 85.8 Å². The van der Waals surface area contributed by atoms with Gasteiger partial charge in [-0.2, -0.15) is 0 Å². The first-order chi connectivity index (χ1) is 13.7. The lowest BCUT2D eigenvalue weighted by Crippen LogP contribution is -2.37. The van der Waals surface area contributed by atoms with Crippen LogP contribution in [-0.4, -0.2) is 67.5 Å². The molecule has 0 atom stereocenters. The number of methoxy groups -OCH3 is 1. The second kappa shape index (κ2) is 9.81. The van der Waals surface area contributed by atoms with Crippen molar-refractivity contribution in [3.05, 3.63) is 17.8 Å². The van der Waals surface area contributed by atoms with Gasteiger partial charge in [-0.25, -0.2) is 14.8 Å². The zero-order valence-corrected chi connectivity index (χ0v) is 17.3. The third-order valence-electron chi connectivity index (χ3n) is 4.48. The summed E-state index contributed by atoms with van der Waals surface area (Å²) in [5.41, 5.74) is 2.85. The highest BCUT2D eigenvalue weighted by molar-refractivity contribution is 7.22. The molecule has 0 spiro atoms. The lowest BCUT2D eigenvalue weighted by molar-refractivity contribution is 0.123. The molecule has 2 aromatic heterocycles. The van der Waals surface area contributed by atoms with Gasteiger partial charge in [-0.1, -0.05) is 17.4 Å². The average Bonchev–Trinajstić information content (AvgIpc) is 3.14. The number of aromatic nitrogens is 2. The summed E-state index contributed by atoms with van der Waals surface area (Å²) >= 11 is 1.43. The summed E-state index contributed by atoms with van der Waals surface area (Å²) < 4.78 is 17.1. The molecule has 0 unspecified atom stereocenters. The number of urea groups is 1. The Morgan fingerprint density at radius 3 is 2.96 bits per heavy atom. The van der Waals surface area contributed by atoms with Crippen LogP contribution in [0, 0.1) is 0 Å². The lowest BCUT2D eigenvalue weighted by atomic mass is 10.0. The zero-order valence-electron chi connectivity index (χ0n) is 16.5. The van der Waals surface area contributed by atoms with Crippen molar-refractivity contribution in [1.82, 2.24) is 14.9 Å². The van der Waals surface area contributed by atoms with Crippen LogP contribution in [0.4, 0.5) is 9.93 Å². The number of rotatable bonds is 8. The number of anilines is 1. The smallest absolute Gasteiger partial charge is 0.323 e. The molecule has 8 nitrogen and oxygen atoms in total. The predicted molar refractivity (Wildman–Crippen MR) is 110 cm³/mol. The van der Waals surface area contributed by atoms with E-state index in [1.807, 2.05) is 20.0 Å². The Hall–Kier alpha value is -2.23. The number of thiazole rings is 1. The van der Waals surface area contributed by atoms with E-state index >= 15 is 0 Å². The number of carbonyl (C=O) groups is 1. The Labute approximate surface area is 168 Å². The molecule has 0 fully saturated rings. The van der Waals surface area contributed by atoms with Gasteiger partial charge in [-0.15, -0.1) is 0 Å². The maximum Gasteiger partial charge on any atom is 0.323 e. The summed E-state index contributed by atoms with van der Waals surface area (Å²) in [4.78, 5) is 23.3. The molecule has 0 aromatic carbocycles. The fourth-order valence-corrected chi connectivity index (χ4v) is 3.98. The third-order valence-corrected chi connectivity index (χ3v) is 5.48. The predicted octanol–water partition coefficient (Wildman–Crippen LogP) is 3.39. The summed E-state index contributed by atoms with van der Waals surface area (Å²) in [5.74, 6) is 0.451. The summed E-state index contributed by atoms with van der Waals surface area (Å²) in [6.07, 6.45) is 4.70. The van der Waals surface area contributed by atoms with Crippen LogP contribution in [0.1, 0.15) is 25.8 Å². The van der Waals surface area contributed by atoms with Crippen molar-refractivity contribution < 1.29 is 19.0 Å². The van der Waals surface area contributed by atoms with Gasteiger partial charge in [-0.3, -0.25) is 5.32 Å². The molecule has 3 heterocycles. The van der Waals surface area contributed by atoms with E-state index in [1.54, 1.807) is 12.0 Å².